The third kappa shape index (κ3) is 12.6. The molecule has 2 heterocycles. The van der Waals surface area contributed by atoms with Crippen LogP contribution in [0, 0.1) is 11.6 Å². The van der Waals surface area contributed by atoms with E-state index in [1.54, 1.807) is 19.2 Å². The number of nitrogens with one attached hydrogen (secondary N) is 1. The van der Waals surface area contributed by atoms with Crippen molar-refractivity contribution in [2.45, 2.75) is 52.2 Å². The molecule has 1 aliphatic rings. The SMILES string of the molecule is CC.CCCOC.COc1cccc(F)c1F.O=C(Nc1ccc(C(O)CO)nc1)C1CCCO1. The molecule has 2 aromatic rings. The normalized spacial score (nSPS) is 14.7. The summed E-state index contributed by atoms with van der Waals surface area (Å²) < 4.78 is 39.3. The van der Waals surface area contributed by atoms with E-state index in [1.165, 1.54) is 25.4 Å². The fourth-order valence-electron chi connectivity index (χ4n) is 2.62. The van der Waals surface area contributed by atoms with Crippen LogP contribution in [-0.2, 0) is 14.3 Å². The van der Waals surface area contributed by atoms with E-state index in [9.17, 15) is 18.7 Å². The van der Waals surface area contributed by atoms with E-state index in [1.807, 2.05) is 13.8 Å². The number of methoxy groups -OCH3 is 2. The fraction of sp³-hybridized carbons (Fsp3) is 0.520. The van der Waals surface area contributed by atoms with Gasteiger partial charge in [0.2, 0.25) is 5.82 Å². The maximum Gasteiger partial charge on any atom is 0.253 e. The summed E-state index contributed by atoms with van der Waals surface area (Å²) in [5.74, 6) is -2.07. The summed E-state index contributed by atoms with van der Waals surface area (Å²) >= 11 is 0. The van der Waals surface area contributed by atoms with Crippen molar-refractivity contribution in [1.82, 2.24) is 4.98 Å². The number of benzene rings is 1. The molecular formula is C25H38F2N2O6. The molecule has 1 amide bonds. The third-order valence-electron chi connectivity index (χ3n) is 4.33. The molecule has 2 atom stereocenters. The van der Waals surface area contributed by atoms with Gasteiger partial charge in [-0.1, -0.05) is 26.8 Å². The van der Waals surface area contributed by atoms with Gasteiger partial charge >= 0.3 is 0 Å². The molecule has 8 nitrogen and oxygen atoms in total. The lowest BCUT2D eigenvalue weighted by Gasteiger charge is -2.11. The zero-order chi connectivity index (χ0) is 26.6. The van der Waals surface area contributed by atoms with Crippen molar-refractivity contribution < 1.29 is 38.0 Å². The molecule has 1 aromatic carbocycles. The van der Waals surface area contributed by atoms with Gasteiger partial charge < -0.3 is 29.7 Å². The first-order valence-electron chi connectivity index (χ1n) is 11.5. The van der Waals surface area contributed by atoms with Gasteiger partial charge in [-0.15, -0.1) is 0 Å². The Kier molecular flexibility index (Phi) is 18.1. The van der Waals surface area contributed by atoms with Gasteiger partial charge in [0.1, 0.15) is 12.2 Å². The van der Waals surface area contributed by atoms with Crippen LogP contribution in [0.3, 0.4) is 0 Å². The van der Waals surface area contributed by atoms with Crippen molar-refractivity contribution in [3.8, 4) is 5.75 Å². The summed E-state index contributed by atoms with van der Waals surface area (Å²) in [7, 11) is 3.00. The molecule has 2 unspecified atom stereocenters. The van der Waals surface area contributed by atoms with Crippen molar-refractivity contribution in [2.24, 2.45) is 0 Å². The van der Waals surface area contributed by atoms with Crippen LogP contribution >= 0.6 is 0 Å². The number of hydrogen-bond donors (Lipinski definition) is 3. The quantitative estimate of drug-likeness (QED) is 0.521. The lowest BCUT2D eigenvalue weighted by molar-refractivity contribution is -0.124. The molecule has 0 saturated carbocycles. The lowest BCUT2D eigenvalue weighted by atomic mass is 10.2. The van der Waals surface area contributed by atoms with Crippen LogP contribution in [0.5, 0.6) is 5.75 Å². The maximum atomic E-state index is 12.5. The van der Waals surface area contributed by atoms with E-state index in [2.05, 4.69) is 22.0 Å². The van der Waals surface area contributed by atoms with E-state index in [0.29, 0.717) is 18.0 Å². The molecule has 3 rings (SSSR count). The van der Waals surface area contributed by atoms with Gasteiger partial charge in [0.25, 0.3) is 5.91 Å². The average molecular weight is 501 g/mol. The molecule has 1 saturated heterocycles. The Morgan fingerprint density at radius 3 is 2.40 bits per heavy atom. The predicted octanol–water partition coefficient (Wildman–Crippen LogP) is 4.27. The maximum absolute atomic E-state index is 12.5. The van der Waals surface area contributed by atoms with Gasteiger partial charge in [0.15, 0.2) is 11.6 Å². The van der Waals surface area contributed by atoms with Crippen LogP contribution in [0.4, 0.5) is 14.5 Å². The molecule has 0 bridgehead atoms. The average Bonchev–Trinajstić information content (AvgIpc) is 3.44. The summed E-state index contributed by atoms with van der Waals surface area (Å²) in [5, 5.41) is 20.8. The number of aliphatic hydroxyl groups is 2. The highest BCUT2D eigenvalue weighted by Crippen LogP contribution is 2.18. The van der Waals surface area contributed by atoms with Crippen molar-refractivity contribution >= 4 is 11.6 Å². The Hall–Kier alpha value is -2.66. The number of hydrogen-bond acceptors (Lipinski definition) is 7. The Morgan fingerprint density at radius 2 is 1.97 bits per heavy atom. The molecule has 1 aliphatic heterocycles. The largest absolute Gasteiger partial charge is 0.494 e. The minimum Gasteiger partial charge on any atom is -0.494 e. The van der Waals surface area contributed by atoms with Crippen molar-refractivity contribution in [2.75, 3.05) is 39.4 Å². The number of ether oxygens (including phenoxy) is 3. The van der Waals surface area contributed by atoms with E-state index in [4.69, 9.17) is 14.6 Å². The zero-order valence-corrected chi connectivity index (χ0v) is 21.1. The molecular weight excluding hydrogens is 462 g/mol. The highest BCUT2D eigenvalue weighted by atomic mass is 19.2. The fourth-order valence-corrected chi connectivity index (χ4v) is 2.62. The van der Waals surface area contributed by atoms with Gasteiger partial charge in [-0.3, -0.25) is 9.78 Å². The van der Waals surface area contributed by atoms with Crippen LogP contribution in [-0.4, -0.2) is 61.2 Å². The smallest absolute Gasteiger partial charge is 0.253 e. The number of pyridine rings is 1. The molecule has 1 aromatic heterocycles. The van der Waals surface area contributed by atoms with Crippen molar-refractivity contribution in [3.05, 3.63) is 53.9 Å². The second-order valence-corrected chi connectivity index (χ2v) is 6.91. The van der Waals surface area contributed by atoms with E-state index < -0.39 is 17.7 Å². The number of aromatic nitrogens is 1. The van der Waals surface area contributed by atoms with Gasteiger partial charge in [0.05, 0.1) is 31.3 Å². The number of aliphatic hydroxyl groups excluding tert-OH is 2. The Bertz CT molecular complexity index is 816. The van der Waals surface area contributed by atoms with Crippen molar-refractivity contribution in [3.63, 3.8) is 0 Å². The molecule has 10 heteroatoms. The number of carbonyl (C=O) groups excluding carboxylic acids is 1. The van der Waals surface area contributed by atoms with Crippen LogP contribution in [0.15, 0.2) is 36.5 Å². The standard InChI is InChI=1S/C12H16N2O4.C7H6F2O.C4H10O.C2H6/c15-7-10(16)9-4-3-8(6-13-9)14-12(17)11-2-1-5-18-11;1-10-6-4-2-3-5(8)7(6)9;1-3-4-5-2;1-2/h3-4,6,10-11,15-16H,1-2,5,7H2,(H,14,17);2-4H,1H3;3-4H2,1-2H3;1-2H3. The van der Waals surface area contributed by atoms with Gasteiger partial charge in [0, 0.05) is 20.3 Å². The van der Waals surface area contributed by atoms with Crippen LogP contribution < -0.4 is 10.1 Å². The number of rotatable bonds is 7. The monoisotopic (exact) mass is 500 g/mol. The molecule has 35 heavy (non-hydrogen) atoms. The van der Waals surface area contributed by atoms with Crippen LogP contribution in [0.1, 0.15) is 51.8 Å². The minimum atomic E-state index is -0.993. The van der Waals surface area contributed by atoms with Crippen LogP contribution in [0.2, 0.25) is 0 Å². The van der Waals surface area contributed by atoms with Gasteiger partial charge in [-0.05, 0) is 43.5 Å². The highest BCUT2D eigenvalue weighted by Gasteiger charge is 2.23. The third-order valence-corrected chi connectivity index (χ3v) is 4.33. The molecule has 3 N–H and O–H groups in total. The number of anilines is 1. The number of halogens is 2. The summed E-state index contributed by atoms with van der Waals surface area (Å²) in [6.45, 7) is 7.22. The summed E-state index contributed by atoms with van der Waals surface area (Å²) in [4.78, 5) is 15.7. The molecule has 0 aliphatic carbocycles. The number of carbonyl (C=O) groups is 1. The molecule has 198 valence electrons. The topological polar surface area (TPSA) is 110 Å². The number of nitrogens with zero attached hydrogens (tertiary/aromatic N) is 1. The first-order valence-corrected chi connectivity index (χ1v) is 11.5. The van der Waals surface area contributed by atoms with E-state index in [-0.39, 0.29) is 24.4 Å². The predicted molar refractivity (Wildman–Crippen MR) is 130 cm³/mol. The van der Waals surface area contributed by atoms with Crippen molar-refractivity contribution in [1.29, 1.82) is 0 Å². The highest BCUT2D eigenvalue weighted by molar-refractivity contribution is 5.94. The Morgan fingerprint density at radius 1 is 1.26 bits per heavy atom. The summed E-state index contributed by atoms with van der Waals surface area (Å²) in [6, 6.07) is 6.98. The Balaban J connectivity index is 0.000000572. The van der Waals surface area contributed by atoms with E-state index in [0.717, 1.165) is 31.9 Å². The Labute approximate surface area is 206 Å². The molecule has 0 radical (unpaired) electrons. The molecule has 0 spiro atoms. The lowest BCUT2D eigenvalue weighted by Crippen LogP contribution is -2.26. The second kappa shape index (κ2) is 19.6. The first-order chi connectivity index (χ1) is 16.9. The second-order valence-electron chi connectivity index (χ2n) is 6.91. The van der Waals surface area contributed by atoms with E-state index >= 15 is 0 Å². The number of amides is 1. The van der Waals surface area contributed by atoms with Crippen LogP contribution in [0.25, 0.3) is 0 Å². The van der Waals surface area contributed by atoms with Gasteiger partial charge in [-0.2, -0.15) is 4.39 Å². The molecule has 1 fully saturated rings. The summed E-state index contributed by atoms with van der Waals surface area (Å²) in [5.41, 5.74) is 0.914. The van der Waals surface area contributed by atoms with Gasteiger partial charge in [-0.25, -0.2) is 4.39 Å². The zero-order valence-electron chi connectivity index (χ0n) is 21.1. The summed E-state index contributed by atoms with van der Waals surface area (Å²) in [6.07, 6.45) is 2.83. The first kappa shape index (κ1) is 32.3. The minimum absolute atomic E-state index is 0.0694.